The van der Waals surface area contributed by atoms with Crippen molar-refractivity contribution in [3.8, 4) is 0 Å². The summed E-state index contributed by atoms with van der Waals surface area (Å²) in [5.74, 6) is -1.32. The van der Waals surface area contributed by atoms with Crippen LogP contribution in [0.1, 0.15) is 31.8 Å². The molecular weight excluding hydrogens is 297 g/mol. The molecule has 1 aromatic heterocycles. The maximum Gasteiger partial charge on any atom is 0.338 e. The monoisotopic (exact) mass is 311 g/mol. The largest absolute Gasteiger partial charge is 0.465 e. The molecule has 0 atom stereocenters. The molecule has 23 heavy (non-hydrogen) atoms. The number of halogens is 1. The van der Waals surface area contributed by atoms with Gasteiger partial charge in [-0.1, -0.05) is 18.2 Å². The van der Waals surface area contributed by atoms with Crippen LogP contribution in [0.5, 0.6) is 0 Å². The number of aryl methyl sites for hydroxylation is 1. The van der Waals surface area contributed by atoms with E-state index in [1.807, 2.05) is 0 Å². The van der Waals surface area contributed by atoms with Crippen LogP contribution in [0, 0.1) is 12.7 Å². The molecule has 116 valence electrons. The van der Waals surface area contributed by atoms with E-state index in [1.165, 1.54) is 19.4 Å². The van der Waals surface area contributed by atoms with E-state index in [2.05, 4.69) is 4.98 Å². The number of ether oxygens (including phenoxy) is 1. The molecular formula is C18H14FNO3. The molecule has 0 aliphatic rings. The molecule has 0 unspecified atom stereocenters. The number of hydrogen-bond acceptors (Lipinski definition) is 3. The number of esters is 1. The molecule has 0 amide bonds. The lowest BCUT2D eigenvalue weighted by molar-refractivity contribution is 0.0603. The second-order valence-electron chi connectivity index (χ2n) is 5.22. The van der Waals surface area contributed by atoms with E-state index in [-0.39, 0.29) is 11.3 Å². The fraction of sp³-hybridized carbons (Fsp3) is 0.111. The van der Waals surface area contributed by atoms with Crippen molar-refractivity contribution >= 4 is 22.7 Å². The first-order valence-electron chi connectivity index (χ1n) is 7.02. The molecule has 2 aromatic carbocycles. The standard InChI is InChI=1S/C18H14FNO3/c1-10-6-7-11(8-14(10)19)17(21)13-9-20-15-5-3-4-12(16(13)15)18(22)23-2/h3-9,20H,1-2H3. The fourth-order valence-corrected chi connectivity index (χ4v) is 2.53. The molecule has 3 aromatic rings. The normalized spacial score (nSPS) is 10.7. The van der Waals surface area contributed by atoms with Gasteiger partial charge in [-0.2, -0.15) is 0 Å². The molecule has 5 heteroatoms. The summed E-state index contributed by atoms with van der Waals surface area (Å²) in [5, 5.41) is 0.477. The van der Waals surface area contributed by atoms with Gasteiger partial charge in [0.1, 0.15) is 5.82 Å². The maximum atomic E-state index is 13.7. The third-order valence-corrected chi connectivity index (χ3v) is 3.79. The summed E-state index contributed by atoms with van der Waals surface area (Å²) in [6, 6.07) is 9.38. The molecule has 3 rings (SSSR count). The van der Waals surface area contributed by atoms with Crippen LogP contribution in [0.4, 0.5) is 4.39 Å². The van der Waals surface area contributed by atoms with Gasteiger partial charge in [0.15, 0.2) is 5.78 Å². The Hall–Kier alpha value is -2.95. The number of aromatic nitrogens is 1. The molecule has 0 aliphatic heterocycles. The highest BCUT2D eigenvalue weighted by atomic mass is 19.1. The van der Waals surface area contributed by atoms with E-state index in [0.29, 0.717) is 27.6 Å². The number of hydrogen-bond donors (Lipinski definition) is 1. The number of fused-ring (bicyclic) bond motifs is 1. The van der Waals surface area contributed by atoms with Gasteiger partial charge in [-0.25, -0.2) is 9.18 Å². The zero-order valence-electron chi connectivity index (χ0n) is 12.6. The summed E-state index contributed by atoms with van der Waals surface area (Å²) >= 11 is 0. The zero-order valence-corrected chi connectivity index (χ0v) is 12.6. The summed E-state index contributed by atoms with van der Waals surface area (Å²) in [7, 11) is 1.28. The topological polar surface area (TPSA) is 59.2 Å². The first-order chi connectivity index (χ1) is 11.0. The predicted molar refractivity (Wildman–Crippen MR) is 84.2 cm³/mol. The summed E-state index contributed by atoms with van der Waals surface area (Å²) in [5.41, 5.74) is 1.94. The third-order valence-electron chi connectivity index (χ3n) is 3.79. The predicted octanol–water partition coefficient (Wildman–Crippen LogP) is 3.63. The molecule has 1 heterocycles. The number of methoxy groups -OCH3 is 1. The molecule has 0 fully saturated rings. The molecule has 0 radical (unpaired) electrons. The molecule has 0 spiro atoms. The maximum absolute atomic E-state index is 13.7. The number of H-pyrrole nitrogens is 1. The van der Waals surface area contributed by atoms with Crippen molar-refractivity contribution in [1.82, 2.24) is 4.98 Å². The Morgan fingerprint density at radius 1 is 1.13 bits per heavy atom. The second-order valence-corrected chi connectivity index (χ2v) is 5.22. The van der Waals surface area contributed by atoms with Gasteiger partial charge in [0.05, 0.1) is 12.7 Å². The summed E-state index contributed by atoms with van der Waals surface area (Å²) in [4.78, 5) is 27.6. The van der Waals surface area contributed by atoms with Crippen molar-refractivity contribution in [1.29, 1.82) is 0 Å². The van der Waals surface area contributed by atoms with E-state index in [0.717, 1.165) is 0 Å². The lowest BCUT2D eigenvalue weighted by atomic mass is 9.98. The zero-order chi connectivity index (χ0) is 16.6. The van der Waals surface area contributed by atoms with Crippen molar-refractivity contribution in [3.63, 3.8) is 0 Å². The van der Waals surface area contributed by atoms with Gasteiger partial charge >= 0.3 is 5.97 Å². The lowest BCUT2D eigenvalue weighted by Crippen LogP contribution is -2.06. The third kappa shape index (κ3) is 2.50. The number of nitrogens with one attached hydrogen (secondary N) is 1. The van der Waals surface area contributed by atoms with Gasteiger partial charge in [-0.05, 0) is 30.7 Å². The minimum absolute atomic E-state index is 0.230. The number of ketones is 1. The molecule has 4 nitrogen and oxygen atoms in total. The van der Waals surface area contributed by atoms with Crippen molar-refractivity contribution < 1.29 is 18.7 Å². The molecule has 0 saturated heterocycles. The van der Waals surface area contributed by atoms with Crippen molar-refractivity contribution in [2.75, 3.05) is 7.11 Å². The van der Waals surface area contributed by atoms with Crippen LogP contribution in [0.15, 0.2) is 42.6 Å². The minimum atomic E-state index is -0.528. The van der Waals surface area contributed by atoms with E-state index in [1.54, 1.807) is 37.3 Å². The van der Waals surface area contributed by atoms with Crippen molar-refractivity contribution in [2.24, 2.45) is 0 Å². The summed E-state index contributed by atoms with van der Waals surface area (Å²) in [6.07, 6.45) is 1.53. The Morgan fingerprint density at radius 2 is 1.91 bits per heavy atom. The average Bonchev–Trinajstić information content (AvgIpc) is 3.00. The van der Waals surface area contributed by atoms with Gasteiger partial charge in [-0.15, -0.1) is 0 Å². The van der Waals surface area contributed by atoms with Gasteiger partial charge in [-0.3, -0.25) is 4.79 Å². The van der Waals surface area contributed by atoms with E-state index >= 15 is 0 Å². The number of carbonyl (C=O) groups excluding carboxylic acids is 2. The van der Waals surface area contributed by atoms with Crippen LogP contribution in [0.25, 0.3) is 10.9 Å². The Kier molecular flexibility index (Phi) is 3.70. The first kappa shape index (κ1) is 15.0. The van der Waals surface area contributed by atoms with Crippen molar-refractivity contribution in [3.05, 3.63) is 70.7 Å². The van der Waals surface area contributed by atoms with Gasteiger partial charge in [0.25, 0.3) is 0 Å². The Bertz CT molecular complexity index is 927. The van der Waals surface area contributed by atoms with E-state index < -0.39 is 11.8 Å². The quantitative estimate of drug-likeness (QED) is 0.593. The van der Waals surface area contributed by atoms with Crippen LogP contribution in [0.3, 0.4) is 0 Å². The van der Waals surface area contributed by atoms with Crippen LogP contribution in [-0.2, 0) is 4.74 Å². The second kappa shape index (κ2) is 5.68. The first-order valence-corrected chi connectivity index (χ1v) is 7.02. The highest BCUT2D eigenvalue weighted by molar-refractivity contribution is 6.20. The highest BCUT2D eigenvalue weighted by Crippen LogP contribution is 2.26. The Balaban J connectivity index is 2.18. The van der Waals surface area contributed by atoms with Gasteiger partial charge < -0.3 is 9.72 Å². The number of aromatic amines is 1. The van der Waals surface area contributed by atoms with Crippen molar-refractivity contribution in [2.45, 2.75) is 6.92 Å². The molecule has 1 N–H and O–H groups in total. The minimum Gasteiger partial charge on any atom is -0.465 e. The van der Waals surface area contributed by atoms with E-state index in [4.69, 9.17) is 4.74 Å². The van der Waals surface area contributed by atoms with E-state index in [9.17, 15) is 14.0 Å². The summed E-state index contributed by atoms with van der Waals surface area (Å²) in [6.45, 7) is 1.63. The van der Waals surface area contributed by atoms with Gasteiger partial charge in [0.2, 0.25) is 0 Å². The Labute approximate surface area is 131 Å². The van der Waals surface area contributed by atoms with Gasteiger partial charge in [0, 0.05) is 28.2 Å². The highest BCUT2D eigenvalue weighted by Gasteiger charge is 2.20. The fourth-order valence-electron chi connectivity index (χ4n) is 2.53. The van der Waals surface area contributed by atoms with Crippen LogP contribution < -0.4 is 0 Å². The number of rotatable bonds is 3. The SMILES string of the molecule is COC(=O)c1cccc2[nH]cc(C(=O)c3ccc(C)c(F)c3)c12. The van der Waals surface area contributed by atoms with Crippen LogP contribution >= 0.6 is 0 Å². The van der Waals surface area contributed by atoms with Crippen LogP contribution in [-0.4, -0.2) is 23.8 Å². The molecule has 0 aliphatic carbocycles. The Morgan fingerprint density at radius 3 is 2.61 bits per heavy atom. The molecule has 0 bridgehead atoms. The molecule has 0 saturated carbocycles. The number of carbonyl (C=O) groups is 2. The smallest absolute Gasteiger partial charge is 0.338 e. The van der Waals surface area contributed by atoms with Crippen LogP contribution in [0.2, 0.25) is 0 Å². The summed E-state index contributed by atoms with van der Waals surface area (Å²) < 4.78 is 18.5. The average molecular weight is 311 g/mol. The number of benzene rings is 2. The lowest BCUT2D eigenvalue weighted by Gasteiger charge is -2.05.